The monoisotopic (exact) mass is 330 g/mol. The third-order valence-corrected chi connectivity index (χ3v) is 5.43. The van der Waals surface area contributed by atoms with Crippen molar-refractivity contribution in [2.75, 3.05) is 6.61 Å². The molecule has 0 amide bonds. The van der Waals surface area contributed by atoms with E-state index in [2.05, 4.69) is 53.7 Å². The van der Waals surface area contributed by atoms with Gasteiger partial charge in [0.1, 0.15) is 23.7 Å². The molecule has 1 aromatic rings. The zero-order chi connectivity index (χ0) is 17.6. The lowest BCUT2D eigenvalue weighted by molar-refractivity contribution is 0.138. The number of hydrogen-bond acceptors (Lipinski definition) is 3. The van der Waals surface area contributed by atoms with Crippen LogP contribution in [0, 0.1) is 0 Å². The van der Waals surface area contributed by atoms with E-state index < -0.39 is 0 Å². The third-order valence-electron chi connectivity index (χ3n) is 5.43. The second-order valence-electron chi connectivity index (χ2n) is 8.51. The zero-order valence-electron chi connectivity index (χ0n) is 15.9. The first-order valence-electron chi connectivity index (χ1n) is 8.91. The molecule has 3 nitrogen and oxygen atoms in total. The Hall–Kier alpha value is -1.48. The molecule has 1 saturated heterocycles. The first-order chi connectivity index (χ1) is 11.1. The summed E-state index contributed by atoms with van der Waals surface area (Å²) in [5.74, 6) is 1.83. The molecular weight excluding hydrogens is 300 g/mol. The molecule has 0 aromatic heterocycles. The van der Waals surface area contributed by atoms with Crippen LogP contribution in [0.1, 0.15) is 59.9 Å². The molecule has 1 atom stereocenters. The fourth-order valence-electron chi connectivity index (χ4n) is 3.37. The molecular formula is C21H30O3. The minimum Gasteiger partial charge on any atom is -0.489 e. The van der Waals surface area contributed by atoms with E-state index in [1.807, 2.05) is 12.1 Å². The van der Waals surface area contributed by atoms with E-state index in [4.69, 9.17) is 14.2 Å². The van der Waals surface area contributed by atoms with Crippen LogP contribution in [0.25, 0.3) is 0 Å². The van der Waals surface area contributed by atoms with Crippen molar-refractivity contribution in [1.82, 2.24) is 0 Å². The van der Waals surface area contributed by atoms with Crippen molar-refractivity contribution in [2.45, 2.75) is 77.6 Å². The molecule has 24 heavy (non-hydrogen) atoms. The van der Waals surface area contributed by atoms with Crippen molar-refractivity contribution >= 4 is 0 Å². The highest BCUT2D eigenvalue weighted by Gasteiger charge is 2.59. The summed E-state index contributed by atoms with van der Waals surface area (Å²) in [7, 11) is 0. The van der Waals surface area contributed by atoms with Crippen molar-refractivity contribution in [3.8, 4) is 11.5 Å². The summed E-state index contributed by atoms with van der Waals surface area (Å²) in [6, 6.07) is 6.16. The number of allylic oxidation sites excluding steroid dienone is 1. The van der Waals surface area contributed by atoms with Gasteiger partial charge in [0.05, 0.1) is 11.2 Å². The molecule has 0 N–H and O–H groups in total. The molecule has 0 bridgehead atoms. The molecule has 2 heterocycles. The summed E-state index contributed by atoms with van der Waals surface area (Å²) in [6.45, 7) is 13.5. The Morgan fingerprint density at radius 1 is 1.21 bits per heavy atom. The summed E-state index contributed by atoms with van der Waals surface area (Å²) < 4.78 is 17.6. The van der Waals surface area contributed by atoms with Crippen LogP contribution in [0.2, 0.25) is 0 Å². The normalized spacial score (nSPS) is 26.7. The third kappa shape index (κ3) is 3.61. The van der Waals surface area contributed by atoms with E-state index in [9.17, 15) is 0 Å². The summed E-state index contributed by atoms with van der Waals surface area (Å²) in [5, 5.41) is 0. The van der Waals surface area contributed by atoms with Crippen molar-refractivity contribution in [3.63, 3.8) is 0 Å². The Kier molecular flexibility index (Phi) is 4.19. The largest absolute Gasteiger partial charge is 0.489 e. The summed E-state index contributed by atoms with van der Waals surface area (Å²) in [5.41, 5.74) is 2.57. The van der Waals surface area contributed by atoms with E-state index in [0.717, 1.165) is 30.8 Å². The smallest absolute Gasteiger partial charge is 0.127 e. The van der Waals surface area contributed by atoms with Crippen LogP contribution in [-0.4, -0.2) is 23.4 Å². The van der Waals surface area contributed by atoms with Gasteiger partial charge in [-0.25, -0.2) is 0 Å². The van der Waals surface area contributed by atoms with Gasteiger partial charge >= 0.3 is 0 Å². The second-order valence-corrected chi connectivity index (χ2v) is 8.51. The predicted octanol–water partition coefficient (Wildman–Crippen LogP) is 5.07. The highest BCUT2D eigenvalue weighted by Crippen LogP contribution is 2.50. The van der Waals surface area contributed by atoms with Crippen LogP contribution in [0.15, 0.2) is 29.8 Å². The maximum absolute atomic E-state index is 5.96. The van der Waals surface area contributed by atoms with Gasteiger partial charge in [-0.1, -0.05) is 11.6 Å². The molecule has 3 rings (SSSR count). The average Bonchev–Trinajstić information content (AvgIpc) is 2.81. The van der Waals surface area contributed by atoms with Crippen molar-refractivity contribution in [3.05, 3.63) is 35.4 Å². The molecule has 1 fully saturated rings. The molecule has 0 spiro atoms. The number of epoxide rings is 1. The summed E-state index contributed by atoms with van der Waals surface area (Å²) >= 11 is 0. The Labute approximate surface area is 146 Å². The standard InChI is InChI=1S/C21H30O3/c1-15(9-11-21(6)20(4,5)24-21)10-12-22-17-8-7-16-14-19(2,3)23-18(16)13-17/h7-8,10,13H,9,11-12,14H2,1-6H3. The number of benzene rings is 1. The zero-order valence-corrected chi connectivity index (χ0v) is 15.9. The van der Waals surface area contributed by atoms with E-state index in [-0.39, 0.29) is 16.8 Å². The van der Waals surface area contributed by atoms with E-state index in [1.54, 1.807) is 0 Å². The van der Waals surface area contributed by atoms with Gasteiger partial charge in [-0.2, -0.15) is 0 Å². The van der Waals surface area contributed by atoms with E-state index in [0.29, 0.717) is 6.61 Å². The summed E-state index contributed by atoms with van der Waals surface area (Å²) in [6.07, 6.45) is 5.23. The lowest BCUT2D eigenvalue weighted by Gasteiger charge is -2.16. The van der Waals surface area contributed by atoms with Gasteiger partial charge < -0.3 is 14.2 Å². The Morgan fingerprint density at radius 2 is 1.92 bits per heavy atom. The van der Waals surface area contributed by atoms with Crippen LogP contribution < -0.4 is 9.47 Å². The molecule has 2 aliphatic heterocycles. The van der Waals surface area contributed by atoms with Gasteiger partial charge in [0.2, 0.25) is 0 Å². The van der Waals surface area contributed by atoms with Gasteiger partial charge in [-0.05, 0) is 72.1 Å². The molecule has 0 saturated carbocycles. The van der Waals surface area contributed by atoms with Crippen LogP contribution >= 0.6 is 0 Å². The van der Waals surface area contributed by atoms with Gasteiger partial charge in [0.15, 0.2) is 0 Å². The van der Waals surface area contributed by atoms with Gasteiger partial charge in [0, 0.05) is 12.5 Å². The molecule has 0 aliphatic carbocycles. The number of hydrogen-bond donors (Lipinski definition) is 0. The molecule has 2 aliphatic rings. The van der Waals surface area contributed by atoms with Crippen LogP contribution in [-0.2, 0) is 11.2 Å². The maximum atomic E-state index is 5.96. The van der Waals surface area contributed by atoms with Gasteiger partial charge in [-0.3, -0.25) is 0 Å². The Morgan fingerprint density at radius 3 is 2.58 bits per heavy atom. The fourth-order valence-corrected chi connectivity index (χ4v) is 3.37. The van der Waals surface area contributed by atoms with Crippen LogP contribution in [0.4, 0.5) is 0 Å². The number of rotatable bonds is 6. The maximum Gasteiger partial charge on any atom is 0.127 e. The predicted molar refractivity (Wildman–Crippen MR) is 96.9 cm³/mol. The van der Waals surface area contributed by atoms with E-state index in [1.165, 1.54) is 11.1 Å². The van der Waals surface area contributed by atoms with Gasteiger partial charge in [0.25, 0.3) is 0 Å². The molecule has 1 unspecified atom stereocenters. The highest BCUT2D eigenvalue weighted by atomic mass is 16.6. The quantitative estimate of drug-likeness (QED) is 0.539. The first kappa shape index (κ1) is 17.3. The fraction of sp³-hybridized carbons (Fsp3) is 0.619. The first-order valence-corrected chi connectivity index (χ1v) is 8.91. The molecule has 132 valence electrons. The molecule has 0 radical (unpaired) electrons. The minimum absolute atomic E-state index is 0.0297. The van der Waals surface area contributed by atoms with Crippen LogP contribution in [0.5, 0.6) is 11.5 Å². The lowest BCUT2D eigenvalue weighted by Crippen LogP contribution is -2.24. The van der Waals surface area contributed by atoms with E-state index >= 15 is 0 Å². The van der Waals surface area contributed by atoms with Crippen molar-refractivity contribution < 1.29 is 14.2 Å². The topological polar surface area (TPSA) is 31.0 Å². The number of ether oxygens (including phenoxy) is 3. The Bertz CT molecular complexity index is 657. The van der Waals surface area contributed by atoms with Crippen molar-refractivity contribution in [1.29, 1.82) is 0 Å². The minimum atomic E-state index is -0.105. The Balaban J connectivity index is 1.48. The van der Waals surface area contributed by atoms with Gasteiger partial charge in [-0.15, -0.1) is 0 Å². The SMILES string of the molecule is CC(=CCOc1ccc2c(c1)OC(C)(C)C2)CCC1(C)OC1(C)C. The molecule has 3 heteroatoms. The van der Waals surface area contributed by atoms with Crippen molar-refractivity contribution in [2.24, 2.45) is 0 Å². The number of fused-ring (bicyclic) bond motifs is 1. The summed E-state index contributed by atoms with van der Waals surface area (Å²) in [4.78, 5) is 0. The second kappa shape index (κ2) is 5.80. The molecule has 1 aromatic carbocycles. The van der Waals surface area contributed by atoms with Crippen LogP contribution in [0.3, 0.4) is 0 Å². The average molecular weight is 330 g/mol. The lowest BCUT2D eigenvalue weighted by atomic mass is 9.91. The highest BCUT2D eigenvalue weighted by molar-refractivity contribution is 5.44.